The fourth-order valence-corrected chi connectivity index (χ4v) is 5.70. The largest absolute Gasteiger partial charge is 0.489 e. The summed E-state index contributed by atoms with van der Waals surface area (Å²) in [6, 6.07) is 5.86. The molecule has 0 aromatic carbocycles. The first-order chi connectivity index (χ1) is 18.5. The molecule has 2 aliphatic carbocycles. The minimum Gasteiger partial charge on any atom is -0.489 e. The Morgan fingerprint density at radius 3 is 2.79 bits per heavy atom. The summed E-state index contributed by atoms with van der Waals surface area (Å²) in [5.74, 6) is 1.55. The summed E-state index contributed by atoms with van der Waals surface area (Å²) in [6.07, 6.45) is 5.52. The zero-order valence-electron chi connectivity index (χ0n) is 22.3. The van der Waals surface area contributed by atoms with Crippen LogP contribution in [-0.2, 0) is 34.5 Å². The number of fused-ring (bicyclic) bond motifs is 1. The topological polar surface area (TPSA) is 123 Å². The van der Waals surface area contributed by atoms with Crippen LogP contribution >= 0.6 is 0 Å². The average molecular weight is 523 g/mol. The minimum absolute atomic E-state index is 0.000274. The molecule has 2 fully saturated rings. The van der Waals surface area contributed by atoms with Gasteiger partial charge in [-0.3, -0.25) is 4.79 Å². The van der Waals surface area contributed by atoms with Crippen molar-refractivity contribution in [1.82, 2.24) is 29.9 Å². The molecule has 0 aliphatic heterocycles. The first-order valence-electron chi connectivity index (χ1n) is 13.1. The monoisotopic (exact) mass is 522 g/mol. The van der Waals surface area contributed by atoms with Gasteiger partial charge in [0.2, 0.25) is 0 Å². The Morgan fingerprint density at radius 1 is 1.13 bits per heavy atom. The van der Waals surface area contributed by atoms with Gasteiger partial charge in [-0.1, -0.05) is 5.21 Å². The second kappa shape index (κ2) is 11.4. The summed E-state index contributed by atoms with van der Waals surface area (Å²) in [5.41, 5.74) is 3.56. The molecule has 3 aromatic heterocycles. The van der Waals surface area contributed by atoms with Gasteiger partial charge in [-0.25, -0.2) is 14.6 Å². The molecule has 0 saturated heterocycles. The van der Waals surface area contributed by atoms with E-state index in [1.165, 1.54) is 0 Å². The Labute approximate surface area is 221 Å². The summed E-state index contributed by atoms with van der Waals surface area (Å²) in [7, 11) is 3.42. The number of aryl methyl sites for hydroxylation is 2. The lowest BCUT2D eigenvalue weighted by molar-refractivity contribution is -0.149. The zero-order chi connectivity index (χ0) is 26.6. The van der Waals surface area contributed by atoms with E-state index in [4.69, 9.17) is 23.9 Å². The van der Waals surface area contributed by atoms with E-state index < -0.39 is 0 Å². The third-order valence-electron chi connectivity index (χ3n) is 7.50. The third kappa shape index (κ3) is 5.47. The van der Waals surface area contributed by atoms with Crippen molar-refractivity contribution < 1.29 is 23.7 Å². The number of methoxy groups -OCH3 is 1. The highest BCUT2D eigenvalue weighted by atomic mass is 16.5. The molecular weight excluding hydrogens is 488 g/mol. The lowest BCUT2D eigenvalue weighted by atomic mass is 9.92. The van der Waals surface area contributed by atoms with Crippen LogP contribution in [-0.4, -0.2) is 55.7 Å². The van der Waals surface area contributed by atoms with Crippen molar-refractivity contribution in [3.05, 3.63) is 41.5 Å². The van der Waals surface area contributed by atoms with Gasteiger partial charge in [-0.2, -0.15) is 4.98 Å². The number of carbonyl (C=O) groups is 1. The van der Waals surface area contributed by atoms with Crippen molar-refractivity contribution in [2.24, 2.45) is 24.8 Å². The number of hydrogen-bond donors (Lipinski definition) is 0. The fraction of sp³-hybridized carbons (Fsp3) is 0.556. The maximum Gasteiger partial charge on any atom is 0.317 e. The molecule has 3 heterocycles. The van der Waals surface area contributed by atoms with E-state index in [1.54, 1.807) is 24.1 Å². The number of aromatic nitrogens is 6. The van der Waals surface area contributed by atoms with Gasteiger partial charge < -0.3 is 18.9 Å². The normalized spacial score (nSPS) is 22.3. The molecule has 0 amide bonds. The van der Waals surface area contributed by atoms with Crippen molar-refractivity contribution in [1.29, 1.82) is 0 Å². The van der Waals surface area contributed by atoms with E-state index in [9.17, 15) is 4.79 Å². The molecule has 2 aliphatic rings. The molecule has 5 rings (SSSR count). The maximum atomic E-state index is 12.4. The number of ether oxygens (including phenoxy) is 4. The molecule has 0 radical (unpaired) electrons. The standard InChI is InChI=1S/C27H34N6O5/c1-5-36-26(34)20-7-6-17-12-19(13-21(17)20)38-24-9-8-22(29-16(24)2)25-23(33(3)32-31-25)15-37-27-28-11-10-18(30-27)14-35-4/h8-11,17,19-21H,5-7,12-15H2,1-4H3/t17-,19-,20-,21+/m0/s1. The van der Waals surface area contributed by atoms with Crippen LogP contribution in [0.2, 0.25) is 0 Å². The van der Waals surface area contributed by atoms with Crippen LogP contribution in [0, 0.1) is 24.7 Å². The summed E-state index contributed by atoms with van der Waals surface area (Å²) in [5, 5.41) is 8.49. The van der Waals surface area contributed by atoms with E-state index >= 15 is 0 Å². The van der Waals surface area contributed by atoms with Crippen LogP contribution in [0.1, 0.15) is 49.7 Å². The first kappa shape index (κ1) is 26.0. The molecule has 0 N–H and O–H groups in total. The highest BCUT2D eigenvalue weighted by Crippen LogP contribution is 2.49. The Kier molecular flexibility index (Phi) is 7.82. The summed E-state index contributed by atoms with van der Waals surface area (Å²) in [6.45, 7) is 4.78. The second-order valence-electron chi connectivity index (χ2n) is 9.91. The highest BCUT2D eigenvalue weighted by Gasteiger charge is 2.47. The van der Waals surface area contributed by atoms with E-state index in [1.807, 2.05) is 33.0 Å². The molecule has 38 heavy (non-hydrogen) atoms. The number of rotatable bonds is 10. The molecule has 3 aromatic rings. The fourth-order valence-electron chi connectivity index (χ4n) is 5.70. The van der Waals surface area contributed by atoms with Crippen LogP contribution < -0.4 is 9.47 Å². The van der Waals surface area contributed by atoms with Gasteiger partial charge in [0.25, 0.3) is 0 Å². The van der Waals surface area contributed by atoms with Crippen molar-refractivity contribution in [2.75, 3.05) is 13.7 Å². The maximum absolute atomic E-state index is 12.4. The third-order valence-corrected chi connectivity index (χ3v) is 7.50. The van der Waals surface area contributed by atoms with Crippen LogP contribution in [0.5, 0.6) is 11.8 Å². The molecule has 0 unspecified atom stereocenters. The van der Waals surface area contributed by atoms with Gasteiger partial charge in [0.05, 0.1) is 42.3 Å². The quantitative estimate of drug-likeness (QED) is 0.366. The first-order valence-corrected chi connectivity index (χ1v) is 13.1. The van der Waals surface area contributed by atoms with Gasteiger partial charge in [0, 0.05) is 20.4 Å². The van der Waals surface area contributed by atoms with Gasteiger partial charge in [0.1, 0.15) is 23.7 Å². The van der Waals surface area contributed by atoms with E-state index in [2.05, 4.69) is 20.3 Å². The predicted molar refractivity (Wildman–Crippen MR) is 136 cm³/mol. The van der Waals surface area contributed by atoms with Gasteiger partial charge in [-0.05, 0) is 69.6 Å². The van der Waals surface area contributed by atoms with Crippen LogP contribution in [0.4, 0.5) is 0 Å². The molecular formula is C27H34N6O5. The molecule has 11 heteroatoms. The minimum atomic E-state index is -0.0548. The van der Waals surface area contributed by atoms with Crippen molar-refractivity contribution in [3.63, 3.8) is 0 Å². The molecule has 11 nitrogen and oxygen atoms in total. The molecule has 0 bridgehead atoms. The predicted octanol–water partition coefficient (Wildman–Crippen LogP) is 3.45. The molecule has 202 valence electrons. The van der Waals surface area contributed by atoms with Crippen LogP contribution in [0.3, 0.4) is 0 Å². The van der Waals surface area contributed by atoms with E-state index in [0.29, 0.717) is 36.4 Å². The van der Waals surface area contributed by atoms with Crippen molar-refractivity contribution in [2.45, 2.75) is 58.8 Å². The van der Waals surface area contributed by atoms with Gasteiger partial charge >= 0.3 is 12.0 Å². The summed E-state index contributed by atoms with van der Waals surface area (Å²) >= 11 is 0. The smallest absolute Gasteiger partial charge is 0.317 e. The lowest BCUT2D eigenvalue weighted by Gasteiger charge is -2.19. The summed E-state index contributed by atoms with van der Waals surface area (Å²) in [4.78, 5) is 25.7. The van der Waals surface area contributed by atoms with Gasteiger partial charge in [-0.15, -0.1) is 5.10 Å². The van der Waals surface area contributed by atoms with Crippen molar-refractivity contribution >= 4 is 5.97 Å². The number of nitrogens with zero attached hydrogens (tertiary/aromatic N) is 6. The molecule has 2 saturated carbocycles. The SMILES string of the molecule is CCOC(=O)[C@H]1CC[C@H]2C[C@H](Oc3ccc(-c4nnn(C)c4COc4nccc(COC)n4)nc3C)C[C@H]21. The second-order valence-corrected chi connectivity index (χ2v) is 9.91. The number of carbonyl (C=O) groups excluding carboxylic acids is 1. The number of pyridine rings is 1. The lowest BCUT2D eigenvalue weighted by Crippen LogP contribution is -2.23. The number of esters is 1. The Bertz CT molecular complexity index is 1280. The zero-order valence-corrected chi connectivity index (χ0v) is 22.3. The molecule has 4 atom stereocenters. The van der Waals surface area contributed by atoms with E-state index in [0.717, 1.165) is 48.5 Å². The average Bonchev–Trinajstić information content (AvgIpc) is 3.59. The van der Waals surface area contributed by atoms with Crippen LogP contribution in [0.25, 0.3) is 11.4 Å². The Hall–Kier alpha value is -3.60. The molecule has 0 spiro atoms. The van der Waals surface area contributed by atoms with Gasteiger partial charge in [0.15, 0.2) is 0 Å². The number of hydrogen-bond acceptors (Lipinski definition) is 10. The van der Waals surface area contributed by atoms with E-state index in [-0.39, 0.29) is 30.6 Å². The summed E-state index contributed by atoms with van der Waals surface area (Å²) < 4.78 is 24.3. The highest BCUT2D eigenvalue weighted by molar-refractivity contribution is 5.73. The Balaban J connectivity index is 1.25. The Morgan fingerprint density at radius 2 is 2.00 bits per heavy atom. The van der Waals surface area contributed by atoms with Crippen molar-refractivity contribution in [3.8, 4) is 23.1 Å². The van der Waals surface area contributed by atoms with Crippen LogP contribution in [0.15, 0.2) is 24.4 Å².